The van der Waals surface area contributed by atoms with E-state index in [1.165, 1.54) is 16.3 Å². The number of hydrogen-bond donors (Lipinski definition) is 0. The van der Waals surface area contributed by atoms with E-state index in [4.69, 9.17) is 4.74 Å². The molecule has 2 aromatic carbocycles. The Kier molecular flexibility index (Phi) is 6.24. The molecule has 2 aromatic heterocycles. The number of likely N-dealkylation sites (tertiary alicyclic amines) is 1. The van der Waals surface area contributed by atoms with E-state index in [9.17, 15) is 4.79 Å². The van der Waals surface area contributed by atoms with Gasteiger partial charge in [0, 0.05) is 48.8 Å². The Morgan fingerprint density at radius 1 is 0.970 bits per heavy atom. The zero-order valence-electron chi connectivity index (χ0n) is 18.4. The van der Waals surface area contributed by atoms with E-state index in [-0.39, 0.29) is 11.9 Å². The molecule has 1 unspecified atom stereocenters. The number of nitrogens with zero attached hydrogens (tertiary/aromatic N) is 4. The third-order valence-corrected chi connectivity index (χ3v) is 6.23. The van der Waals surface area contributed by atoms with E-state index < -0.39 is 0 Å². The van der Waals surface area contributed by atoms with Gasteiger partial charge in [-0.25, -0.2) is 9.97 Å². The van der Waals surface area contributed by atoms with Gasteiger partial charge in [0.15, 0.2) is 0 Å². The van der Waals surface area contributed by atoms with Crippen molar-refractivity contribution in [2.45, 2.75) is 25.7 Å². The van der Waals surface area contributed by atoms with Gasteiger partial charge in [-0.15, -0.1) is 0 Å². The molecular weight excluding hydrogens is 412 g/mol. The number of hydrogen-bond acceptors (Lipinski definition) is 5. The van der Waals surface area contributed by atoms with Gasteiger partial charge in [0.25, 0.3) is 5.91 Å². The fourth-order valence-electron chi connectivity index (χ4n) is 4.54. The summed E-state index contributed by atoms with van der Waals surface area (Å²) in [5.74, 6) is 1.14. The Labute approximate surface area is 193 Å². The average Bonchev–Trinajstić information content (AvgIpc) is 3.10. The highest BCUT2D eigenvalue weighted by atomic mass is 16.5. The van der Waals surface area contributed by atoms with Gasteiger partial charge in [-0.3, -0.25) is 9.78 Å². The van der Waals surface area contributed by atoms with Crippen LogP contribution in [0.25, 0.3) is 10.8 Å². The summed E-state index contributed by atoms with van der Waals surface area (Å²) in [6, 6.07) is 17.7. The van der Waals surface area contributed by atoms with Crippen LogP contribution in [0, 0.1) is 5.92 Å². The number of fused-ring (bicyclic) bond motifs is 1. The maximum atomic E-state index is 13.2. The summed E-state index contributed by atoms with van der Waals surface area (Å²) in [7, 11) is 0. The maximum absolute atomic E-state index is 13.2. The summed E-state index contributed by atoms with van der Waals surface area (Å²) in [5, 5.41) is 2.47. The van der Waals surface area contributed by atoms with Crippen LogP contribution in [0.5, 0.6) is 11.8 Å². The van der Waals surface area contributed by atoms with Crippen molar-refractivity contribution in [2.24, 2.45) is 5.92 Å². The number of amides is 1. The summed E-state index contributed by atoms with van der Waals surface area (Å²) < 4.78 is 5.70. The van der Waals surface area contributed by atoms with Crippen LogP contribution < -0.4 is 4.74 Å². The maximum Gasteiger partial charge on any atom is 0.321 e. The lowest BCUT2D eigenvalue weighted by atomic mass is 9.91. The van der Waals surface area contributed by atoms with E-state index in [1.807, 2.05) is 35.5 Å². The number of benzene rings is 2. The normalized spacial score (nSPS) is 16.4. The molecule has 1 fully saturated rings. The molecule has 6 heteroatoms. The van der Waals surface area contributed by atoms with Crippen LogP contribution in [0.3, 0.4) is 0 Å². The molecule has 4 aromatic rings. The first-order valence-electron chi connectivity index (χ1n) is 11.4. The third kappa shape index (κ3) is 5.00. The number of pyridine rings is 1. The predicted molar refractivity (Wildman–Crippen MR) is 127 cm³/mol. The molecule has 6 nitrogen and oxygen atoms in total. The molecule has 1 aliphatic rings. The Hall–Kier alpha value is -3.80. The molecule has 0 bridgehead atoms. The summed E-state index contributed by atoms with van der Waals surface area (Å²) in [4.78, 5) is 27.8. The Bertz CT molecular complexity index is 1240. The van der Waals surface area contributed by atoms with Crippen molar-refractivity contribution in [2.75, 3.05) is 13.1 Å². The quantitative estimate of drug-likeness (QED) is 0.423. The second-order valence-corrected chi connectivity index (χ2v) is 8.47. The first-order chi connectivity index (χ1) is 16.3. The first kappa shape index (κ1) is 21.1. The van der Waals surface area contributed by atoms with E-state index in [1.54, 1.807) is 24.5 Å². The lowest BCUT2D eigenvalue weighted by Crippen LogP contribution is -2.32. The topological polar surface area (TPSA) is 68.2 Å². The summed E-state index contributed by atoms with van der Waals surface area (Å²) in [6.45, 7) is 1.53. The van der Waals surface area contributed by atoms with Crippen LogP contribution in [0.2, 0.25) is 0 Å². The van der Waals surface area contributed by atoms with Crippen molar-refractivity contribution in [1.29, 1.82) is 0 Å². The van der Waals surface area contributed by atoms with Crippen LogP contribution in [0.1, 0.15) is 35.2 Å². The van der Waals surface area contributed by atoms with Crippen LogP contribution >= 0.6 is 0 Å². The fourth-order valence-corrected chi connectivity index (χ4v) is 4.54. The third-order valence-electron chi connectivity index (χ3n) is 6.23. The van der Waals surface area contributed by atoms with E-state index in [2.05, 4.69) is 39.2 Å². The lowest BCUT2D eigenvalue weighted by Gasteiger charge is -2.21. The van der Waals surface area contributed by atoms with E-state index >= 15 is 0 Å². The lowest BCUT2D eigenvalue weighted by molar-refractivity contribution is 0.0759. The summed E-state index contributed by atoms with van der Waals surface area (Å²) >= 11 is 0. The molecule has 1 aliphatic heterocycles. The monoisotopic (exact) mass is 438 g/mol. The van der Waals surface area contributed by atoms with E-state index in [0.29, 0.717) is 17.2 Å². The minimum Gasteiger partial charge on any atom is -0.424 e. The average molecular weight is 439 g/mol. The van der Waals surface area contributed by atoms with Gasteiger partial charge in [-0.05, 0) is 66.8 Å². The Balaban J connectivity index is 1.24. The van der Waals surface area contributed by atoms with Gasteiger partial charge in [0.1, 0.15) is 5.75 Å². The SMILES string of the molecule is O=C(c1cccc(Oc2ncccn2)c1)N1CCCC(Cc2cncc3ccccc23)CC1. The second kappa shape index (κ2) is 9.77. The van der Waals surface area contributed by atoms with Crippen molar-refractivity contribution in [3.8, 4) is 11.8 Å². The van der Waals surface area contributed by atoms with Crippen molar-refractivity contribution in [3.05, 3.63) is 90.5 Å². The van der Waals surface area contributed by atoms with E-state index in [0.717, 1.165) is 38.8 Å². The second-order valence-electron chi connectivity index (χ2n) is 8.47. The summed E-state index contributed by atoms with van der Waals surface area (Å²) in [6.07, 6.45) is 11.3. The van der Waals surface area contributed by atoms with Crippen LogP contribution in [0.4, 0.5) is 0 Å². The largest absolute Gasteiger partial charge is 0.424 e. The molecule has 33 heavy (non-hydrogen) atoms. The Morgan fingerprint density at radius 3 is 2.76 bits per heavy atom. The summed E-state index contributed by atoms with van der Waals surface area (Å²) in [5.41, 5.74) is 1.92. The fraction of sp³-hybridized carbons (Fsp3) is 0.259. The molecule has 1 amide bonds. The van der Waals surface area contributed by atoms with Crippen molar-refractivity contribution in [1.82, 2.24) is 19.9 Å². The number of carbonyl (C=O) groups is 1. The highest BCUT2D eigenvalue weighted by molar-refractivity contribution is 5.94. The molecular formula is C27H26N4O2. The minimum absolute atomic E-state index is 0.0434. The van der Waals surface area contributed by atoms with Gasteiger partial charge in [-0.2, -0.15) is 0 Å². The highest BCUT2D eigenvalue weighted by Gasteiger charge is 2.22. The van der Waals surface area contributed by atoms with Crippen LogP contribution in [-0.2, 0) is 6.42 Å². The van der Waals surface area contributed by atoms with Crippen molar-refractivity contribution in [3.63, 3.8) is 0 Å². The van der Waals surface area contributed by atoms with Gasteiger partial charge >= 0.3 is 6.01 Å². The van der Waals surface area contributed by atoms with Crippen LogP contribution in [0.15, 0.2) is 79.4 Å². The molecule has 0 saturated carbocycles. The molecule has 0 radical (unpaired) electrons. The first-order valence-corrected chi connectivity index (χ1v) is 11.4. The molecule has 1 atom stereocenters. The number of ether oxygens (including phenoxy) is 1. The van der Waals surface area contributed by atoms with Crippen molar-refractivity contribution < 1.29 is 9.53 Å². The van der Waals surface area contributed by atoms with Gasteiger partial charge in [-0.1, -0.05) is 30.3 Å². The molecule has 0 N–H and O–H groups in total. The molecule has 1 saturated heterocycles. The number of aromatic nitrogens is 3. The molecule has 166 valence electrons. The standard InChI is InChI=1S/C27H26N4O2/c32-26(21-8-3-9-24(17-21)33-27-29-12-5-13-30-27)31-14-4-6-20(11-15-31)16-23-19-28-18-22-7-1-2-10-25(22)23/h1-3,5,7-10,12-13,17-20H,4,6,11,14-16H2. The zero-order valence-corrected chi connectivity index (χ0v) is 18.4. The van der Waals surface area contributed by atoms with Gasteiger partial charge < -0.3 is 9.64 Å². The number of rotatable bonds is 5. The highest BCUT2D eigenvalue weighted by Crippen LogP contribution is 2.27. The number of carbonyl (C=O) groups excluding carboxylic acids is 1. The van der Waals surface area contributed by atoms with Gasteiger partial charge in [0.2, 0.25) is 0 Å². The molecule has 5 rings (SSSR count). The smallest absolute Gasteiger partial charge is 0.321 e. The molecule has 0 aliphatic carbocycles. The molecule has 0 spiro atoms. The van der Waals surface area contributed by atoms with Crippen LogP contribution in [-0.4, -0.2) is 38.8 Å². The zero-order chi connectivity index (χ0) is 22.5. The predicted octanol–water partition coefficient (Wildman–Crippen LogP) is 5.30. The van der Waals surface area contributed by atoms with Gasteiger partial charge in [0.05, 0.1) is 0 Å². The Morgan fingerprint density at radius 2 is 1.85 bits per heavy atom. The molecule has 3 heterocycles. The van der Waals surface area contributed by atoms with Crippen molar-refractivity contribution >= 4 is 16.7 Å². The minimum atomic E-state index is 0.0434.